The van der Waals surface area contributed by atoms with E-state index in [9.17, 15) is 9.59 Å². The van der Waals surface area contributed by atoms with Crippen molar-refractivity contribution in [3.63, 3.8) is 0 Å². The Morgan fingerprint density at radius 3 is 2.47 bits per heavy atom. The summed E-state index contributed by atoms with van der Waals surface area (Å²) >= 11 is 0. The second kappa shape index (κ2) is 9.03. The second-order valence-corrected chi connectivity index (χ2v) is 8.98. The number of carbonyl (C=O) groups excluding carboxylic acids is 2. The number of carbonyl (C=O) groups is 2. The number of rotatable bonds is 6. The summed E-state index contributed by atoms with van der Waals surface area (Å²) in [7, 11) is 1.70. The van der Waals surface area contributed by atoms with Gasteiger partial charge in [0, 0.05) is 26.6 Å². The Morgan fingerprint density at radius 1 is 1.03 bits per heavy atom. The maximum absolute atomic E-state index is 13.1. The normalized spacial score (nSPS) is 21.7. The third kappa shape index (κ3) is 4.28. The fourth-order valence-electron chi connectivity index (χ4n) is 5.29. The van der Waals surface area contributed by atoms with Crippen molar-refractivity contribution in [1.82, 2.24) is 10.2 Å². The van der Waals surface area contributed by atoms with Gasteiger partial charge in [0.1, 0.15) is 0 Å². The number of nitrogens with zero attached hydrogens (tertiary/aromatic N) is 1. The fourth-order valence-corrected chi connectivity index (χ4v) is 5.29. The first-order valence-electron chi connectivity index (χ1n) is 11.2. The minimum atomic E-state index is -0.565. The summed E-state index contributed by atoms with van der Waals surface area (Å²) in [5, 5.41) is 2.88. The molecule has 1 N–H and O–H groups in total. The molecule has 1 saturated carbocycles. The molecule has 0 unspecified atom stereocenters. The first-order chi connectivity index (χ1) is 14.6. The smallest absolute Gasteiger partial charge is 0.228 e. The van der Waals surface area contributed by atoms with Crippen LogP contribution in [0.3, 0.4) is 0 Å². The molecule has 4 nitrogen and oxygen atoms in total. The number of likely N-dealkylation sites (tertiary alicyclic amines) is 1. The van der Waals surface area contributed by atoms with Crippen LogP contribution in [0.5, 0.6) is 0 Å². The molecule has 0 aromatic heterocycles. The van der Waals surface area contributed by atoms with Crippen LogP contribution in [-0.4, -0.2) is 36.9 Å². The number of nitrogens with one attached hydrogen (secondary N) is 1. The topological polar surface area (TPSA) is 49.4 Å². The molecule has 2 aliphatic rings. The van der Waals surface area contributed by atoms with Crippen LogP contribution >= 0.6 is 0 Å². The van der Waals surface area contributed by atoms with E-state index in [1.807, 2.05) is 35.2 Å². The lowest BCUT2D eigenvalue weighted by Crippen LogP contribution is -2.44. The Kier molecular flexibility index (Phi) is 6.21. The Balaban J connectivity index is 1.56. The van der Waals surface area contributed by atoms with Crippen molar-refractivity contribution in [3.8, 4) is 11.1 Å². The Labute approximate surface area is 179 Å². The van der Waals surface area contributed by atoms with Gasteiger partial charge in [0.2, 0.25) is 11.8 Å². The van der Waals surface area contributed by atoms with Crippen LogP contribution in [0, 0.1) is 11.3 Å². The lowest BCUT2D eigenvalue weighted by Gasteiger charge is -2.29. The van der Waals surface area contributed by atoms with E-state index >= 15 is 0 Å². The van der Waals surface area contributed by atoms with Gasteiger partial charge in [-0.05, 0) is 48.3 Å². The fraction of sp³-hybridized carbons (Fsp3) is 0.462. The molecule has 2 fully saturated rings. The molecule has 1 saturated heterocycles. The van der Waals surface area contributed by atoms with Gasteiger partial charge < -0.3 is 10.2 Å². The minimum absolute atomic E-state index is 0.0431. The minimum Gasteiger partial charge on any atom is -0.359 e. The zero-order valence-electron chi connectivity index (χ0n) is 17.9. The first kappa shape index (κ1) is 20.6. The molecule has 1 atom stereocenters. The summed E-state index contributed by atoms with van der Waals surface area (Å²) in [6.07, 6.45) is 6.84. The quantitative estimate of drug-likeness (QED) is 0.774. The number of hydrogen-bond acceptors (Lipinski definition) is 2. The molecule has 2 amide bonds. The zero-order valence-corrected chi connectivity index (χ0v) is 17.9. The van der Waals surface area contributed by atoms with Gasteiger partial charge in [0.15, 0.2) is 0 Å². The largest absolute Gasteiger partial charge is 0.359 e. The van der Waals surface area contributed by atoms with Gasteiger partial charge in [0.25, 0.3) is 0 Å². The van der Waals surface area contributed by atoms with E-state index in [-0.39, 0.29) is 11.8 Å². The highest BCUT2D eigenvalue weighted by molar-refractivity contribution is 5.86. The Morgan fingerprint density at radius 2 is 1.73 bits per heavy atom. The van der Waals surface area contributed by atoms with Gasteiger partial charge >= 0.3 is 0 Å². The van der Waals surface area contributed by atoms with Crippen LogP contribution in [0.4, 0.5) is 0 Å². The van der Waals surface area contributed by atoms with E-state index in [0.717, 1.165) is 16.7 Å². The molecule has 4 rings (SSSR count). The maximum atomic E-state index is 13.1. The first-order valence-corrected chi connectivity index (χ1v) is 11.2. The van der Waals surface area contributed by atoms with Crippen LogP contribution < -0.4 is 5.32 Å². The Bertz CT molecular complexity index is 889. The van der Waals surface area contributed by atoms with E-state index in [1.165, 1.54) is 25.7 Å². The third-order valence-corrected chi connectivity index (χ3v) is 6.98. The van der Waals surface area contributed by atoms with E-state index in [2.05, 4.69) is 29.6 Å². The molecule has 0 bridgehead atoms. The van der Waals surface area contributed by atoms with Crippen molar-refractivity contribution >= 4 is 11.8 Å². The van der Waals surface area contributed by atoms with Crippen molar-refractivity contribution in [2.75, 3.05) is 20.1 Å². The van der Waals surface area contributed by atoms with E-state index in [0.29, 0.717) is 38.3 Å². The lowest BCUT2D eigenvalue weighted by molar-refractivity contribution is -0.133. The molecule has 1 aliphatic carbocycles. The summed E-state index contributed by atoms with van der Waals surface area (Å²) in [5.74, 6) is 0.803. The monoisotopic (exact) mass is 404 g/mol. The number of benzene rings is 2. The average molecular weight is 405 g/mol. The Hall–Kier alpha value is -2.62. The molecule has 0 spiro atoms. The molecule has 30 heavy (non-hydrogen) atoms. The van der Waals surface area contributed by atoms with Crippen LogP contribution in [0.1, 0.15) is 44.1 Å². The molecule has 0 radical (unpaired) electrons. The summed E-state index contributed by atoms with van der Waals surface area (Å²) < 4.78 is 0. The molecule has 1 aliphatic heterocycles. The average Bonchev–Trinajstić information content (AvgIpc) is 3.45. The molecular weight excluding hydrogens is 372 g/mol. The van der Waals surface area contributed by atoms with Crippen molar-refractivity contribution in [3.05, 3.63) is 60.2 Å². The highest BCUT2D eigenvalue weighted by atomic mass is 16.2. The van der Waals surface area contributed by atoms with E-state index in [4.69, 9.17) is 0 Å². The summed E-state index contributed by atoms with van der Waals surface area (Å²) in [6, 6.07) is 18.6. The molecule has 2 aromatic rings. The van der Waals surface area contributed by atoms with Crippen LogP contribution in [0.15, 0.2) is 54.6 Å². The van der Waals surface area contributed by atoms with Crippen molar-refractivity contribution in [2.24, 2.45) is 11.3 Å². The van der Waals surface area contributed by atoms with Gasteiger partial charge in [-0.2, -0.15) is 0 Å². The van der Waals surface area contributed by atoms with Gasteiger partial charge in [-0.25, -0.2) is 0 Å². The predicted octanol–water partition coefficient (Wildman–Crippen LogP) is 4.44. The van der Waals surface area contributed by atoms with Gasteiger partial charge in [0.05, 0.1) is 5.41 Å². The highest BCUT2D eigenvalue weighted by Gasteiger charge is 2.46. The molecule has 4 heteroatoms. The van der Waals surface area contributed by atoms with Crippen molar-refractivity contribution in [1.29, 1.82) is 0 Å². The highest BCUT2D eigenvalue weighted by Crippen LogP contribution is 2.38. The van der Waals surface area contributed by atoms with Gasteiger partial charge in [-0.3, -0.25) is 9.59 Å². The van der Waals surface area contributed by atoms with Crippen molar-refractivity contribution < 1.29 is 9.59 Å². The zero-order chi connectivity index (χ0) is 21.0. The van der Waals surface area contributed by atoms with Crippen LogP contribution in [0.2, 0.25) is 0 Å². The summed E-state index contributed by atoms with van der Waals surface area (Å²) in [6.45, 7) is 1.19. The lowest BCUT2D eigenvalue weighted by atomic mass is 9.78. The van der Waals surface area contributed by atoms with Gasteiger partial charge in [-0.1, -0.05) is 67.4 Å². The number of hydrogen-bond donors (Lipinski definition) is 1. The van der Waals surface area contributed by atoms with E-state index < -0.39 is 5.41 Å². The van der Waals surface area contributed by atoms with Crippen molar-refractivity contribution in [2.45, 2.75) is 44.9 Å². The van der Waals surface area contributed by atoms with Crippen LogP contribution in [0.25, 0.3) is 11.1 Å². The summed E-state index contributed by atoms with van der Waals surface area (Å²) in [5.41, 5.74) is 2.92. The van der Waals surface area contributed by atoms with E-state index in [1.54, 1.807) is 7.05 Å². The molecule has 158 valence electrons. The number of amides is 2. The summed E-state index contributed by atoms with van der Waals surface area (Å²) in [4.78, 5) is 27.9. The predicted molar refractivity (Wildman–Crippen MR) is 120 cm³/mol. The second-order valence-electron chi connectivity index (χ2n) is 8.98. The third-order valence-electron chi connectivity index (χ3n) is 6.98. The molecule has 2 aromatic carbocycles. The molecular formula is C26H32N2O2. The van der Waals surface area contributed by atoms with Crippen LogP contribution in [-0.2, 0) is 16.0 Å². The standard InChI is InChI=1S/C26H32N2O2/c1-27-25(30)26(15-16-28(19-26)24(29)17-20-9-5-6-10-20)18-22-13-7-8-14-23(22)21-11-3-2-4-12-21/h2-4,7-8,11-14,20H,5-6,9-10,15-19H2,1H3,(H,27,30)/t26-/m1/s1. The van der Waals surface area contributed by atoms with Gasteiger partial charge in [-0.15, -0.1) is 0 Å². The molecule has 1 heterocycles. The maximum Gasteiger partial charge on any atom is 0.228 e. The SMILES string of the molecule is CNC(=O)[C@@]1(Cc2ccccc2-c2ccccc2)CCN(C(=O)CC2CCCC2)C1.